The fourth-order valence-corrected chi connectivity index (χ4v) is 4.03. The molecule has 0 aromatic heterocycles. The van der Waals surface area contributed by atoms with Gasteiger partial charge in [-0.05, 0) is 36.3 Å². The van der Waals surface area contributed by atoms with Gasteiger partial charge in [0.05, 0.1) is 0 Å². The Balaban J connectivity index is 1.38. The van der Waals surface area contributed by atoms with Crippen LogP contribution >= 0.6 is 0 Å². The van der Waals surface area contributed by atoms with Crippen LogP contribution in [0.15, 0.2) is 41.4 Å². The molecule has 0 bridgehead atoms. The van der Waals surface area contributed by atoms with Crippen molar-refractivity contribution in [2.45, 2.75) is 38.5 Å². The molecule has 2 N–H and O–H groups in total. The van der Waals surface area contributed by atoms with Crippen molar-refractivity contribution < 1.29 is 4.79 Å². The minimum absolute atomic E-state index is 0.187. The van der Waals surface area contributed by atoms with Gasteiger partial charge in [0.25, 0.3) is 0 Å². The highest BCUT2D eigenvalue weighted by Crippen LogP contribution is 2.27. The summed E-state index contributed by atoms with van der Waals surface area (Å²) >= 11 is 0. The first-order chi connectivity index (χ1) is 13.3. The number of carbonyl (C=O) groups excluding carboxylic acids is 1. The zero-order chi connectivity index (χ0) is 18.9. The molecule has 1 heterocycles. The van der Waals surface area contributed by atoms with Crippen molar-refractivity contribution in [1.82, 2.24) is 15.5 Å². The summed E-state index contributed by atoms with van der Waals surface area (Å²) in [5.74, 6) is 1.69. The van der Waals surface area contributed by atoms with E-state index in [2.05, 4.69) is 56.9 Å². The molecule has 5 heteroatoms. The molecule has 3 rings (SSSR count). The zero-order valence-electron chi connectivity index (χ0n) is 16.4. The van der Waals surface area contributed by atoms with Crippen molar-refractivity contribution >= 4 is 17.4 Å². The maximum absolute atomic E-state index is 12.0. The molecule has 1 fully saturated rings. The maximum atomic E-state index is 12.0. The molecule has 2 aliphatic rings. The largest absolute Gasteiger partial charge is 0.354 e. The monoisotopic (exact) mass is 368 g/mol. The van der Waals surface area contributed by atoms with E-state index < -0.39 is 0 Å². The lowest BCUT2D eigenvalue weighted by Crippen LogP contribution is -2.45. The summed E-state index contributed by atoms with van der Waals surface area (Å²) in [5, 5.41) is 6.41. The molecule has 0 radical (unpaired) electrons. The van der Waals surface area contributed by atoms with E-state index in [9.17, 15) is 4.79 Å². The van der Waals surface area contributed by atoms with Crippen LogP contribution < -0.4 is 10.6 Å². The Labute approximate surface area is 162 Å². The van der Waals surface area contributed by atoms with E-state index >= 15 is 0 Å². The van der Waals surface area contributed by atoms with Gasteiger partial charge in [-0.25, -0.2) is 0 Å². The van der Waals surface area contributed by atoms with Crippen molar-refractivity contribution in [1.29, 1.82) is 0 Å². The Morgan fingerprint density at radius 1 is 1.15 bits per heavy atom. The second-order valence-corrected chi connectivity index (χ2v) is 7.47. The van der Waals surface area contributed by atoms with E-state index in [0.717, 1.165) is 25.5 Å². The quantitative estimate of drug-likeness (QED) is 0.461. The molecule has 1 aliphatic carbocycles. The first-order valence-electron chi connectivity index (χ1n) is 10.2. The molecular weight excluding hydrogens is 336 g/mol. The molecule has 27 heavy (non-hydrogen) atoms. The minimum atomic E-state index is 0.187. The number of benzene rings is 1. The molecule has 5 nitrogen and oxygen atoms in total. The standard InChI is InChI=1S/C22H32N4O/c1-23-22(25-14-13-24-21(27)17-18-7-5-6-8-18)26-15-11-20(12-16-26)19-9-3-2-4-10-19/h2-4,9-11,18H,5-8,12-17H2,1H3,(H,23,25)(H,24,27). The first-order valence-corrected chi connectivity index (χ1v) is 10.2. The van der Waals surface area contributed by atoms with Crippen LogP contribution in [0, 0.1) is 5.92 Å². The maximum Gasteiger partial charge on any atom is 0.220 e. The van der Waals surface area contributed by atoms with Crippen molar-refractivity contribution in [2.24, 2.45) is 10.9 Å². The van der Waals surface area contributed by atoms with E-state index in [1.807, 2.05) is 7.05 Å². The van der Waals surface area contributed by atoms with E-state index in [-0.39, 0.29) is 5.91 Å². The fourth-order valence-electron chi connectivity index (χ4n) is 4.03. The zero-order valence-corrected chi connectivity index (χ0v) is 16.4. The second-order valence-electron chi connectivity index (χ2n) is 7.47. The Morgan fingerprint density at radius 2 is 1.89 bits per heavy atom. The molecule has 1 aromatic carbocycles. The fraction of sp³-hybridized carbons (Fsp3) is 0.545. The summed E-state index contributed by atoms with van der Waals surface area (Å²) in [6.07, 6.45) is 8.99. The minimum Gasteiger partial charge on any atom is -0.354 e. The summed E-state index contributed by atoms with van der Waals surface area (Å²) in [6, 6.07) is 10.6. The average molecular weight is 369 g/mol. The summed E-state index contributed by atoms with van der Waals surface area (Å²) in [4.78, 5) is 18.7. The SMILES string of the molecule is CN=C(NCCNC(=O)CC1CCCC1)N1CC=C(c2ccccc2)CC1. The smallest absolute Gasteiger partial charge is 0.220 e. The third kappa shape index (κ3) is 5.84. The van der Waals surface area contributed by atoms with E-state index in [0.29, 0.717) is 25.4 Å². The molecule has 1 amide bonds. The predicted molar refractivity (Wildman–Crippen MR) is 112 cm³/mol. The van der Waals surface area contributed by atoms with Crippen LogP contribution in [0.1, 0.15) is 44.1 Å². The lowest BCUT2D eigenvalue weighted by atomic mass is 10.00. The summed E-state index contributed by atoms with van der Waals surface area (Å²) in [6.45, 7) is 3.16. The number of hydrogen-bond acceptors (Lipinski definition) is 2. The molecule has 0 saturated heterocycles. The van der Waals surface area contributed by atoms with Gasteiger partial charge >= 0.3 is 0 Å². The van der Waals surface area contributed by atoms with Gasteiger partial charge in [-0.15, -0.1) is 0 Å². The van der Waals surface area contributed by atoms with Crippen LogP contribution in [0.4, 0.5) is 0 Å². The normalized spacial score (nSPS) is 18.3. The Kier molecular flexibility index (Phi) is 7.31. The lowest BCUT2D eigenvalue weighted by Gasteiger charge is -2.29. The van der Waals surface area contributed by atoms with Gasteiger partial charge in [0.1, 0.15) is 0 Å². The van der Waals surface area contributed by atoms with E-state index in [4.69, 9.17) is 0 Å². The summed E-state index contributed by atoms with van der Waals surface area (Å²) in [5.41, 5.74) is 2.71. The average Bonchev–Trinajstić information content (AvgIpc) is 3.22. The number of rotatable bonds is 6. The Morgan fingerprint density at radius 3 is 2.56 bits per heavy atom. The van der Waals surface area contributed by atoms with E-state index in [1.54, 1.807) is 0 Å². The number of aliphatic imine (C=N–C) groups is 1. The highest BCUT2D eigenvalue weighted by atomic mass is 16.1. The van der Waals surface area contributed by atoms with Gasteiger partial charge < -0.3 is 15.5 Å². The Bertz CT molecular complexity index is 662. The number of amides is 1. The van der Waals surface area contributed by atoms with Crippen LogP contribution in [-0.4, -0.2) is 50.0 Å². The van der Waals surface area contributed by atoms with Gasteiger partial charge in [-0.3, -0.25) is 9.79 Å². The Hall–Kier alpha value is -2.30. The van der Waals surface area contributed by atoms with Crippen molar-refractivity contribution in [3.8, 4) is 0 Å². The van der Waals surface area contributed by atoms with Crippen molar-refractivity contribution in [3.63, 3.8) is 0 Å². The van der Waals surface area contributed by atoms with Gasteiger partial charge in [0, 0.05) is 39.6 Å². The molecule has 1 saturated carbocycles. The van der Waals surface area contributed by atoms with Crippen LogP contribution in [0.25, 0.3) is 5.57 Å². The molecule has 0 atom stereocenters. The number of nitrogens with one attached hydrogen (secondary N) is 2. The van der Waals surface area contributed by atoms with Crippen LogP contribution in [-0.2, 0) is 4.79 Å². The van der Waals surface area contributed by atoms with Crippen LogP contribution in [0.5, 0.6) is 0 Å². The van der Waals surface area contributed by atoms with Crippen LogP contribution in [0.2, 0.25) is 0 Å². The molecule has 0 unspecified atom stereocenters. The van der Waals surface area contributed by atoms with Gasteiger partial charge in [0.2, 0.25) is 5.91 Å². The van der Waals surface area contributed by atoms with E-state index in [1.165, 1.54) is 36.8 Å². The van der Waals surface area contributed by atoms with Crippen molar-refractivity contribution in [2.75, 3.05) is 33.2 Å². The third-order valence-corrected chi connectivity index (χ3v) is 5.54. The molecule has 146 valence electrons. The number of nitrogens with zero attached hydrogens (tertiary/aromatic N) is 2. The highest BCUT2D eigenvalue weighted by Gasteiger charge is 2.18. The van der Waals surface area contributed by atoms with Crippen molar-refractivity contribution in [3.05, 3.63) is 42.0 Å². The summed E-state index contributed by atoms with van der Waals surface area (Å²) in [7, 11) is 1.82. The topological polar surface area (TPSA) is 56.7 Å². The first kappa shape index (κ1) is 19.5. The molecule has 1 aromatic rings. The lowest BCUT2D eigenvalue weighted by molar-refractivity contribution is -0.121. The highest BCUT2D eigenvalue weighted by molar-refractivity contribution is 5.81. The van der Waals surface area contributed by atoms with Crippen LogP contribution in [0.3, 0.4) is 0 Å². The molecular formula is C22H32N4O. The molecule has 0 spiro atoms. The number of hydrogen-bond donors (Lipinski definition) is 2. The molecule has 1 aliphatic heterocycles. The van der Waals surface area contributed by atoms with Gasteiger partial charge in [0.15, 0.2) is 5.96 Å². The number of carbonyl (C=O) groups is 1. The summed E-state index contributed by atoms with van der Waals surface area (Å²) < 4.78 is 0. The number of guanidine groups is 1. The van der Waals surface area contributed by atoms with Gasteiger partial charge in [-0.1, -0.05) is 49.2 Å². The van der Waals surface area contributed by atoms with Gasteiger partial charge in [-0.2, -0.15) is 0 Å². The second kappa shape index (κ2) is 10.1. The predicted octanol–water partition coefficient (Wildman–Crippen LogP) is 3.05. The third-order valence-electron chi connectivity index (χ3n) is 5.54.